The van der Waals surface area contributed by atoms with Crippen molar-refractivity contribution in [2.24, 2.45) is 5.92 Å². The predicted molar refractivity (Wildman–Crippen MR) is 112 cm³/mol. The number of nitrogens with zero attached hydrogens (tertiary/aromatic N) is 3. The minimum Gasteiger partial charge on any atom is -0.354 e. The molecule has 0 radical (unpaired) electrons. The van der Waals surface area contributed by atoms with E-state index in [0.29, 0.717) is 25.4 Å². The van der Waals surface area contributed by atoms with Crippen molar-refractivity contribution in [2.75, 3.05) is 6.54 Å². The number of nitrogens with one attached hydrogen (secondary N) is 1. The maximum absolute atomic E-state index is 12.3. The first-order valence-corrected chi connectivity index (χ1v) is 10.4. The number of imidazole rings is 1. The Hall–Kier alpha value is -2.69. The Labute approximate surface area is 166 Å². The van der Waals surface area contributed by atoms with Crippen LogP contribution in [0.4, 0.5) is 0 Å². The van der Waals surface area contributed by atoms with E-state index in [1.165, 1.54) is 37.7 Å². The van der Waals surface area contributed by atoms with Crippen LogP contribution >= 0.6 is 0 Å². The smallest absolute Gasteiger partial charge is 0.220 e. The molecule has 0 saturated heterocycles. The third-order valence-electron chi connectivity index (χ3n) is 5.67. The van der Waals surface area contributed by atoms with Crippen molar-refractivity contribution in [3.05, 3.63) is 48.2 Å². The van der Waals surface area contributed by atoms with Crippen LogP contribution in [-0.2, 0) is 11.3 Å². The van der Waals surface area contributed by atoms with E-state index >= 15 is 0 Å². The van der Waals surface area contributed by atoms with E-state index in [1.807, 2.05) is 12.1 Å². The summed E-state index contributed by atoms with van der Waals surface area (Å²) in [5, 5.41) is 3.11. The van der Waals surface area contributed by atoms with Gasteiger partial charge in [-0.05, 0) is 37.8 Å². The van der Waals surface area contributed by atoms with Crippen molar-refractivity contribution < 1.29 is 4.79 Å². The van der Waals surface area contributed by atoms with Gasteiger partial charge in [0.1, 0.15) is 11.3 Å². The van der Waals surface area contributed by atoms with Crippen molar-refractivity contribution in [1.82, 2.24) is 19.9 Å². The molecule has 1 aromatic carbocycles. The number of aryl methyl sites for hydroxylation is 1. The second-order valence-corrected chi connectivity index (χ2v) is 7.86. The minimum atomic E-state index is 0.168. The predicted octanol–water partition coefficient (Wildman–Crippen LogP) is 4.49. The van der Waals surface area contributed by atoms with E-state index in [-0.39, 0.29) is 5.91 Å². The van der Waals surface area contributed by atoms with Crippen LogP contribution in [0.5, 0.6) is 0 Å². The van der Waals surface area contributed by atoms with Gasteiger partial charge in [-0.25, -0.2) is 9.97 Å². The summed E-state index contributed by atoms with van der Waals surface area (Å²) in [4.78, 5) is 21.7. The standard InChI is InChI=1S/C23H28N4O/c1-17-9-11-19(12-10-17)22-26-20-8-5-13-25-23(20)27(22)15-14-24-21(28)16-18-6-3-2-4-7-18/h5,8-13,18H,2-4,6-7,14-16H2,1H3,(H,24,28). The summed E-state index contributed by atoms with van der Waals surface area (Å²) < 4.78 is 2.11. The maximum Gasteiger partial charge on any atom is 0.220 e. The minimum absolute atomic E-state index is 0.168. The van der Waals surface area contributed by atoms with Gasteiger partial charge < -0.3 is 9.88 Å². The molecule has 1 aliphatic rings. The lowest BCUT2D eigenvalue weighted by molar-refractivity contribution is -0.122. The van der Waals surface area contributed by atoms with Gasteiger partial charge in [-0.3, -0.25) is 4.79 Å². The fourth-order valence-electron chi connectivity index (χ4n) is 4.13. The zero-order valence-corrected chi connectivity index (χ0v) is 16.5. The highest BCUT2D eigenvalue weighted by atomic mass is 16.1. The number of carbonyl (C=O) groups is 1. The van der Waals surface area contributed by atoms with Crippen molar-refractivity contribution in [3.8, 4) is 11.4 Å². The lowest BCUT2D eigenvalue weighted by Crippen LogP contribution is -2.29. The number of aromatic nitrogens is 3. The quantitative estimate of drug-likeness (QED) is 0.689. The molecule has 4 rings (SSSR count). The Morgan fingerprint density at radius 3 is 2.71 bits per heavy atom. The first kappa shape index (κ1) is 18.7. The molecule has 146 valence electrons. The lowest BCUT2D eigenvalue weighted by atomic mass is 9.87. The number of carbonyl (C=O) groups excluding carboxylic acids is 1. The van der Waals surface area contributed by atoms with Crippen molar-refractivity contribution in [2.45, 2.75) is 52.0 Å². The Balaban J connectivity index is 1.47. The van der Waals surface area contributed by atoms with Crippen LogP contribution < -0.4 is 5.32 Å². The molecule has 0 bridgehead atoms. The van der Waals surface area contributed by atoms with Crippen LogP contribution in [0, 0.1) is 12.8 Å². The summed E-state index contributed by atoms with van der Waals surface area (Å²) in [5.74, 6) is 1.63. The van der Waals surface area contributed by atoms with Gasteiger partial charge >= 0.3 is 0 Å². The van der Waals surface area contributed by atoms with Crippen LogP contribution in [-0.4, -0.2) is 27.0 Å². The molecule has 5 heteroatoms. The van der Waals surface area contributed by atoms with Crippen LogP contribution in [0.15, 0.2) is 42.6 Å². The van der Waals surface area contributed by atoms with E-state index in [2.05, 4.69) is 46.1 Å². The number of hydrogen-bond acceptors (Lipinski definition) is 3. The number of benzene rings is 1. The SMILES string of the molecule is Cc1ccc(-c2nc3cccnc3n2CCNC(=O)CC2CCCCC2)cc1. The van der Waals surface area contributed by atoms with Gasteiger partial charge in [0, 0.05) is 31.3 Å². The van der Waals surface area contributed by atoms with Gasteiger partial charge in [-0.15, -0.1) is 0 Å². The Morgan fingerprint density at radius 1 is 1.14 bits per heavy atom. The topological polar surface area (TPSA) is 59.8 Å². The fourth-order valence-corrected chi connectivity index (χ4v) is 4.13. The highest BCUT2D eigenvalue weighted by Crippen LogP contribution is 2.26. The molecule has 0 atom stereocenters. The normalized spacial score (nSPS) is 15.0. The van der Waals surface area contributed by atoms with Gasteiger partial charge in [0.25, 0.3) is 0 Å². The second kappa shape index (κ2) is 8.55. The molecular formula is C23H28N4O. The van der Waals surface area contributed by atoms with Crippen LogP contribution in [0.3, 0.4) is 0 Å². The summed E-state index contributed by atoms with van der Waals surface area (Å²) in [5.41, 5.74) is 4.03. The van der Waals surface area contributed by atoms with E-state index in [1.54, 1.807) is 6.20 Å². The maximum atomic E-state index is 12.3. The Kier molecular flexibility index (Phi) is 5.70. The van der Waals surface area contributed by atoms with E-state index in [4.69, 9.17) is 4.98 Å². The highest BCUT2D eigenvalue weighted by Gasteiger charge is 2.17. The third kappa shape index (κ3) is 4.24. The number of rotatable bonds is 6. The first-order valence-electron chi connectivity index (χ1n) is 10.4. The molecule has 2 aromatic heterocycles. The summed E-state index contributed by atoms with van der Waals surface area (Å²) >= 11 is 0. The van der Waals surface area contributed by atoms with E-state index < -0.39 is 0 Å². The molecule has 2 heterocycles. The van der Waals surface area contributed by atoms with Crippen LogP contribution in [0.2, 0.25) is 0 Å². The average Bonchev–Trinajstić information content (AvgIpc) is 3.08. The number of amides is 1. The summed E-state index contributed by atoms with van der Waals surface area (Å²) in [6, 6.07) is 12.3. The molecule has 1 N–H and O–H groups in total. The Bertz CT molecular complexity index is 939. The number of pyridine rings is 1. The molecule has 1 saturated carbocycles. The largest absolute Gasteiger partial charge is 0.354 e. The Morgan fingerprint density at radius 2 is 1.93 bits per heavy atom. The van der Waals surface area contributed by atoms with Crippen molar-refractivity contribution >= 4 is 17.1 Å². The molecule has 0 aliphatic heterocycles. The van der Waals surface area contributed by atoms with Crippen LogP contribution in [0.1, 0.15) is 44.1 Å². The third-order valence-corrected chi connectivity index (χ3v) is 5.67. The summed E-state index contributed by atoms with van der Waals surface area (Å²) in [6.07, 6.45) is 8.70. The van der Waals surface area contributed by atoms with Gasteiger partial charge in [0.2, 0.25) is 5.91 Å². The number of fused-ring (bicyclic) bond motifs is 1. The first-order chi connectivity index (χ1) is 13.7. The molecule has 3 aromatic rings. The van der Waals surface area contributed by atoms with Crippen molar-refractivity contribution in [1.29, 1.82) is 0 Å². The van der Waals surface area contributed by atoms with Gasteiger partial charge in [0.15, 0.2) is 5.65 Å². The zero-order chi connectivity index (χ0) is 19.3. The zero-order valence-electron chi connectivity index (χ0n) is 16.5. The van der Waals surface area contributed by atoms with E-state index in [0.717, 1.165) is 22.6 Å². The molecule has 28 heavy (non-hydrogen) atoms. The van der Waals surface area contributed by atoms with Gasteiger partial charge in [-0.2, -0.15) is 0 Å². The summed E-state index contributed by atoms with van der Waals surface area (Å²) in [6.45, 7) is 3.33. The molecule has 5 nitrogen and oxygen atoms in total. The van der Waals surface area contributed by atoms with Gasteiger partial charge in [-0.1, -0.05) is 49.1 Å². The fraction of sp³-hybridized carbons (Fsp3) is 0.435. The van der Waals surface area contributed by atoms with Crippen molar-refractivity contribution in [3.63, 3.8) is 0 Å². The van der Waals surface area contributed by atoms with Crippen LogP contribution in [0.25, 0.3) is 22.6 Å². The molecule has 1 aliphatic carbocycles. The average molecular weight is 377 g/mol. The van der Waals surface area contributed by atoms with Gasteiger partial charge in [0.05, 0.1) is 0 Å². The molecule has 0 unspecified atom stereocenters. The summed E-state index contributed by atoms with van der Waals surface area (Å²) in [7, 11) is 0. The molecular weight excluding hydrogens is 348 g/mol. The molecule has 0 spiro atoms. The lowest BCUT2D eigenvalue weighted by Gasteiger charge is -2.20. The number of hydrogen-bond donors (Lipinski definition) is 1. The molecule has 1 amide bonds. The monoisotopic (exact) mass is 376 g/mol. The highest BCUT2D eigenvalue weighted by molar-refractivity contribution is 5.77. The van der Waals surface area contributed by atoms with E-state index in [9.17, 15) is 4.79 Å². The second-order valence-electron chi connectivity index (χ2n) is 7.86. The molecule has 1 fully saturated rings.